The molecule has 2 rings (SSSR count). The Labute approximate surface area is 95.9 Å². The van der Waals surface area contributed by atoms with E-state index in [9.17, 15) is 10.2 Å². The number of aromatic hydroxyl groups is 1. The lowest BCUT2D eigenvalue weighted by atomic mass is 9.78. The molecule has 16 heavy (non-hydrogen) atoms. The van der Waals surface area contributed by atoms with Crippen LogP contribution in [-0.2, 0) is 12.8 Å². The fourth-order valence-electron chi connectivity index (χ4n) is 2.35. The summed E-state index contributed by atoms with van der Waals surface area (Å²) in [4.78, 5) is 0. The lowest BCUT2D eigenvalue weighted by Gasteiger charge is -2.32. The Hall–Kier alpha value is -1.46. The Kier molecular flexibility index (Phi) is 2.65. The second kappa shape index (κ2) is 3.84. The summed E-state index contributed by atoms with van der Waals surface area (Å²) in [7, 11) is 0. The van der Waals surface area contributed by atoms with Gasteiger partial charge in [0.05, 0.1) is 5.60 Å². The molecule has 0 aromatic heterocycles. The second-order valence-corrected chi connectivity index (χ2v) is 4.65. The number of benzene rings is 1. The van der Waals surface area contributed by atoms with Crippen LogP contribution >= 0.6 is 0 Å². The standard InChI is InChI=1S/C14H16O2/c1-3-7-14(16)8-6-11-5-4-10(2)13(15)12(11)9-14/h1,4-5,15-16H,6-9H2,2H3. The SMILES string of the molecule is C#CCC1(O)CCc2ccc(C)c(O)c2C1. The van der Waals surface area contributed by atoms with E-state index in [1.54, 1.807) is 0 Å². The van der Waals surface area contributed by atoms with E-state index in [0.29, 0.717) is 25.0 Å². The maximum Gasteiger partial charge on any atom is 0.122 e. The summed E-state index contributed by atoms with van der Waals surface area (Å²) in [5, 5.41) is 20.3. The molecule has 0 spiro atoms. The van der Waals surface area contributed by atoms with Crippen LogP contribution < -0.4 is 0 Å². The van der Waals surface area contributed by atoms with Gasteiger partial charge in [0, 0.05) is 18.4 Å². The number of terminal acetylenes is 1. The van der Waals surface area contributed by atoms with Crippen molar-refractivity contribution in [3.63, 3.8) is 0 Å². The van der Waals surface area contributed by atoms with Gasteiger partial charge in [-0.15, -0.1) is 12.3 Å². The van der Waals surface area contributed by atoms with Crippen LogP contribution in [0.15, 0.2) is 12.1 Å². The van der Waals surface area contributed by atoms with E-state index in [1.807, 2.05) is 19.1 Å². The molecule has 0 amide bonds. The molecule has 1 aliphatic carbocycles. The summed E-state index contributed by atoms with van der Waals surface area (Å²) in [5.41, 5.74) is 2.00. The number of phenols is 1. The molecular formula is C14H16O2. The maximum absolute atomic E-state index is 10.3. The third-order valence-corrected chi connectivity index (χ3v) is 3.38. The third kappa shape index (κ3) is 1.79. The van der Waals surface area contributed by atoms with Gasteiger partial charge in [0.15, 0.2) is 0 Å². The predicted molar refractivity (Wildman–Crippen MR) is 63.3 cm³/mol. The molecule has 0 saturated carbocycles. The predicted octanol–water partition coefficient (Wildman–Crippen LogP) is 1.94. The monoisotopic (exact) mass is 216 g/mol. The van der Waals surface area contributed by atoms with E-state index in [2.05, 4.69) is 5.92 Å². The first kappa shape index (κ1) is 11.0. The molecule has 1 aromatic rings. The van der Waals surface area contributed by atoms with Crippen molar-refractivity contribution >= 4 is 0 Å². The number of aryl methyl sites for hydroxylation is 2. The fraction of sp³-hybridized carbons (Fsp3) is 0.429. The van der Waals surface area contributed by atoms with E-state index in [0.717, 1.165) is 23.1 Å². The molecule has 1 unspecified atom stereocenters. The molecule has 2 heteroatoms. The van der Waals surface area contributed by atoms with Crippen molar-refractivity contribution < 1.29 is 10.2 Å². The average molecular weight is 216 g/mol. The van der Waals surface area contributed by atoms with Crippen LogP contribution in [0.1, 0.15) is 29.5 Å². The number of hydrogen-bond donors (Lipinski definition) is 2. The van der Waals surface area contributed by atoms with E-state index < -0.39 is 5.60 Å². The first-order chi connectivity index (χ1) is 7.56. The zero-order chi connectivity index (χ0) is 11.8. The highest BCUT2D eigenvalue weighted by atomic mass is 16.3. The molecule has 2 nitrogen and oxygen atoms in total. The topological polar surface area (TPSA) is 40.5 Å². The fourth-order valence-corrected chi connectivity index (χ4v) is 2.35. The van der Waals surface area contributed by atoms with Crippen LogP contribution in [0.5, 0.6) is 5.75 Å². The molecule has 0 bridgehead atoms. The highest BCUT2D eigenvalue weighted by Gasteiger charge is 2.32. The highest BCUT2D eigenvalue weighted by molar-refractivity contribution is 5.47. The van der Waals surface area contributed by atoms with E-state index in [4.69, 9.17) is 6.42 Å². The Morgan fingerprint density at radius 1 is 1.50 bits per heavy atom. The number of phenolic OH excluding ortho intramolecular Hbond substituents is 1. The van der Waals surface area contributed by atoms with Gasteiger partial charge in [0.2, 0.25) is 0 Å². The lowest BCUT2D eigenvalue weighted by Crippen LogP contribution is -2.35. The van der Waals surface area contributed by atoms with Crippen LogP contribution in [0.25, 0.3) is 0 Å². The Balaban J connectivity index is 2.40. The smallest absolute Gasteiger partial charge is 0.122 e. The van der Waals surface area contributed by atoms with E-state index in [-0.39, 0.29) is 0 Å². The van der Waals surface area contributed by atoms with Crippen molar-refractivity contribution in [3.8, 4) is 18.1 Å². The number of rotatable bonds is 1. The minimum absolute atomic E-state index is 0.313. The Morgan fingerprint density at radius 3 is 2.94 bits per heavy atom. The molecule has 0 aliphatic heterocycles. The van der Waals surface area contributed by atoms with Gasteiger partial charge in [-0.2, -0.15) is 0 Å². The van der Waals surface area contributed by atoms with Gasteiger partial charge in [-0.05, 0) is 30.9 Å². The molecule has 0 heterocycles. The molecule has 1 atom stereocenters. The highest BCUT2D eigenvalue weighted by Crippen LogP contribution is 2.36. The van der Waals surface area contributed by atoms with Gasteiger partial charge in [-0.3, -0.25) is 0 Å². The quantitative estimate of drug-likeness (QED) is 0.704. The van der Waals surface area contributed by atoms with Gasteiger partial charge < -0.3 is 10.2 Å². The van der Waals surface area contributed by atoms with Crippen molar-refractivity contribution in [2.24, 2.45) is 0 Å². The molecule has 2 N–H and O–H groups in total. The van der Waals surface area contributed by atoms with Crippen molar-refractivity contribution in [3.05, 3.63) is 28.8 Å². The summed E-state index contributed by atoms with van der Waals surface area (Å²) >= 11 is 0. The molecule has 0 radical (unpaired) electrons. The molecule has 1 aliphatic rings. The van der Waals surface area contributed by atoms with Crippen LogP contribution in [0.4, 0.5) is 0 Å². The molecule has 0 saturated heterocycles. The number of aliphatic hydroxyl groups is 1. The van der Waals surface area contributed by atoms with Gasteiger partial charge in [0.1, 0.15) is 5.75 Å². The van der Waals surface area contributed by atoms with E-state index >= 15 is 0 Å². The lowest BCUT2D eigenvalue weighted by molar-refractivity contribution is 0.0308. The second-order valence-electron chi connectivity index (χ2n) is 4.65. The minimum atomic E-state index is -0.840. The van der Waals surface area contributed by atoms with Crippen LogP contribution in [0.3, 0.4) is 0 Å². The Morgan fingerprint density at radius 2 is 2.25 bits per heavy atom. The first-order valence-electron chi connectivity index (χ1n) is 5.52. The molecule has 84 valence electrons. The van der Waals surface area contributed by atoms with Gasteiger partial charge in [-0.1, -0.05) is 12.1 Å². The molecule has 0 fully saturated rings. The van der Waals surface area contributed by atoms with Gasteiger partial charge >= 0.3 is 0 Å². The largest absolute Gasteiger partial charge is 0.507 e. The zero-order valence-electron chi connectivity index (χ0n) is 9.45. The summed E-state index contributed by atoms with van der Waals surface area (Å²) in [6.45, 7) is 1.87. The van der Waals surface area contributed by atoms with Crippen molar-refractivity contribution in [2.45, 2.75) is 38.2 Å². The maximum atomic E-state index is 10.3. The van der Waals surface area contributed by atoms with Crippen molar-refractivity contribution in [1.29, 1.82) is 0 Å². The summed E-state index contributed by atoms with van der Waals surface area (Å²) in [5.74, 6) is 2.82. The molecular weight excluding hydrogens is 200 g/mol. The summed E-state index contributed by atoms with van der Waals surface area (Å²) in [6, 6.07) is 3.94. The zero-order valence-corrected chi connectivity index (χ0v) is 9.45. The van der Waals surface area contributed by atoms with Crippen molar-refractivity contribution in [1.82, 2.24) is 0 Å². The Bertz CT molecular complexity index is 457. The van der Waals surface area contributed by atoms with E-state index in [1.165, 1.54) is 0 Å². The number of hydrogen-bond acceptors (Lipinski definition) is 2. The van der Waals surface area contributed by atoms with Crippen LogP contribution in [-0.4, -0.2) is 15.8 Å². The van der Waals surface area contributed by atoms with Gasteiger partial charge in [0.25, 0.3) is 0 Å². The average Bonchev–Trinajstić information content (AvgIpc) is 2.25. The van der Waals surface area contributed by atoms with Crippen LogP contribution in [0.2, 0.25) is 0 Å². The first-order valence-corrected chi connectivity index (χ1v) is 5.52. The number of fused-ring (bicyclic) bond motifs is 1. The summed E-state index contributed by atoms with van der Waals surface area (Å²) in [6.07, 6.45) is 7.52. The third-order valence-electron chi connectivity index (χ3n) is 3.38. The minimum Gasteiger partial charge on any atom is -0.507 e. The summed E-state index contributed by atoms with van der Waals surface area (Å²) < 4.78 is 0. The molecule has 1 aromatic carbocycles. The van der Waals surface area contributed by atoms with Crippen molar-refractivity contribution in [2.75, 3.05) is 0 Å². The van der Waals surface area contributed by atoms with Crippen LogP contribution in [0, 0.1) is 19.3 Å². The normalized spacial score (nSPS) is 23.6. The van der Waals surface area contributed by atoms with Gasteiger partial charge in [-0.25, -0.2) is 0 Å².